The monoisotopic (exact) mass is 325 g/mol. The lowest BCUT2D eigenvalue weighted by molar-refractivity contribution is 0.0625. The normalized spacial score (nSPS) is 16.7. The fourth-order valence-corrected chi connectivity index (χ4v) is 2.86. The lowest BCUT2D eigenvalue weighted by atomic mass is 9.82. The lowest BCUT2D eigenvalue weighted by Crippen LogP contribution is -2.41. The summed E-state index contributed by atoms with van der Waals surface area (Å²) in [5.41, 5.74) is 1.40. The molecule has 126 valence electrons. The summed E-state index contributed by atoms with van der Waals surface area (Å²) in [5, 5.41) is 2.78. The van der Waals surface area contributed by atoms with Crippen LogP contribution in [0.25, 0.3) is 0 Å². The van der Waals surface area contributed by atoms with Crippen LogP contribution in [-0.4, -0.2) is 34.8 Å². The lowest BCUT2D eigenvalue weighted by Gasteiger charge is -2.36. The highest BCUT2D eigenvalue weighted by Crippen LogP contribution is 2.30. The number of H-pyrrole nitrogens is 1. The molecule has 1 aromatic carbocycles. The zero-order chi connectivity index (χ0) is 17.2. The number of carbonyl (C=O) groups excluding carboxylic acids is 2. The van der Waals surface area contributed by atoms with Crippen molar-refractivity contribution in [2.45, 2.75) is 26.7 Å². The Morgan fingerprint density at radius 1 is 1.04 bits per heavy atom. The number of aromatic amines is 1. The predicted octanol–water partition coefficient (Wildman–Crippen LogP) is 3.53. The number of amides is 2. The highest BCUT2D eigenvalue weighted by molar-refractivity contribution is 6.04. The van der Waals surface area contributed by atoms with E-state index >= 15 is 0 Å². The van der Waals surface area contributed by atoms with Crippen LogP contribution in [-0.2, 0) is 0 Å². The number of anilines is 1. The van der Waals surface area contributed by atoms with Gasteiger partial charge in [0, 0.05) is 18.7 Å². The van der Waals surface area contributed by atoms with Crippen LogP contribution in [0.2, 0.25) is 0 Å². The molecule has 0 bridgehead atoms. The molecule has 5 nitrogen and oxygen atoms in total. The molecular weight excluding hydrogens is 302 g/mol. The Balaban J connectivity index is 1.63. The maximum Gasteiger partial charge on any atom is 0.270 e. The first kappa shape index (κ1) is 16.3. The average molecular weight is 325 g/mol. The molecule has 0 atom stereocenters. The number of rotatable bonds is 3. The van der Waals surface area contributed by atoms with Crippen molar-refractivity contribution in [1.29, 1.82) is 0 Å². The van der Waals surface area contributed by atoms with E-state index in [-0.39, 0.29) is 11.8 Å². The highest BCUT2D eigenvalue weighted by atomic mass is 16.2. The molecule has 1 fully saturated rings. The van der Waals surface area contributed by atoms with Gasteiger partial charge in [-0.3, -0.25) is 9.59 Å². The number of likely N-dealkylation sites (tertiary alicyclic amines) is 1. The van der Waals surface area contributed by atoms with E-state index in [0.29, 0.717) is 22.5 Å². The molecular formula is C19H23N3O2. The Morgan fingerprint density at radius 3 is 2.38 bits per heavy atom. The van der Waals surface area contributed by atoms with Gasteiger partial charge in [-0.25, -0.2) is 0 Å². The maximum atomic E-state index is 12.6. The fourth-order valence-electron chi connectivity index (χ4n) is 2.86. The molecule has 2 aromatic rings. The number of aromatic nitrogens is 1. The summed E-state index contributed by atoms with van der Waals surface area (Å²) in [6.07, 6.45) is 2.02. The molecule has 0 unspecified atom stereocenters. The maximum absolute atomic E-state index is 12.6. The van der Waals surface area contributed by atoms with Crippen molar-refractivity contribution in [1.82, 2.24) is 9.88 Å². The molecule has 2 amide bonds. The Kier molecular flexibility index (Phi) is 4.42. The van der Waals surface area contributed by atoms with Gasteiger partial charge in [0.05, 0.1) is 0 Å². The standard InChI is InChI=1S/C19H23N3O2/c1-19(2)10-12-22(13-11-19)18(24)15-8-9-16(20-15)21-17(23)14-6-4-3-5-7-14/h3-9,20H,10-13H2,1-2H3,(H,21,23). The van der Waals surface area contributed by atoms with Crippen molar-refractivity contribution in [3.05, 3.63) is 53.7 Å². The van der Waals surface area contributed by atoms with Crippen molar-refractivity contribution in [2.24, 2.45) is 5.41 Å². The van der Waals surface area contributed by atoms with Crippen molar-refractivity contribution >= 4 is 17.6 Å². The number of nitrogens with zero attached hydrogens (tertiary/aromatic N) is 1. The highest BCUT2D eigenvalue weighted by Gasteiger charge is 2.28. The van der Waals surface area contributed by atoms with Gasteiger partial charge in [0.15, 0.2) is 0 Å². The number of piperidine rings is 1. The third kappa shape index (κ3) is 3.67. The third-order valence-electron chi connectivity index (χ3n) is 4.60. The van der Waals surface area contributed by atoms with Gasteiger partial charge in [-0.05, 0) is 42.5 Å². The van der Waals surface area contributed by atoms with Crippen molar-refractivity contribution in [2.75, 3.05) is 18.4 Å². The summed E-state index contributed by atoms with van der Waals surface area (Å²) in [5.74, 6) is 0.325. The van der Waals surface area contributed by atoms with Gasteiger partial charge >= 0.3 is 0 Å². The number of carbonyl (C=O) groups is 2. The van der Waals surface area contributed by atoms with E-state index in [9.17, 15) is 9.59 Å². The van der Waals surface area contributed by atoms with Crippen LogP contribution in [0.15, 0.2) is 42.5 Å². The van der Waals surface area contributed by atoms with E-state index in [1.807, 2.05) is 23.1 Å². The van der Waals surface area contributed by atoms with Gasteiger partial charge in [0.25, 0.3) is 11.8 Å². The summed E-state index contributed by atoms with van der Waals surface area (Å²) in [7, 11) is 0. The van der Waals surface area contributed by atoms with E-state index in [0.717, 1.165) is 25.9 Å². The van der Waals surface area contributed by atoms with Crippen LogP contribution in [0.5, 0.6) is 0 Å². The number of hydrogen-bond donors (Lipinski definition) is 2. The van der Waals surface area contributed by atoms with Gasteiger partial charge in [-0.15, -0.1) is 0 Å². The number of nitrogens with one attached hydrogen (secondary N) is 2. The average Bonchev–Trinajstić information content (AvgIpc) is 3.03. The molecule has 0 spiro atoms. The first-order valence-electron chi connectivity index (χ1n) is 8.29. The first-order valence-corrected chi connectivity index (χ1v) is 8.29. The molecule has 1 aromatic heterocycles. The van der Waals surface area contributed by atoms with Crippen LogP contribution in [0.4, 0.5) is 5.82 Å². The molecule has 1 aliphatic heterocycles. The minimum atomic E-state index is -0.198. The summed E-state index contributed by atoms with van der Waals surface area (Å²) in [6.45, 7) is 6.02. The first-order chi connectivity index (χ1) is 11.4. The van der Waals surface area contributed by atoms with E-state index in [1.54, 1.807) is 24.3 Å². The van der Waals surface area contributed by atoms with E-state index < -0.39 is 0 Å². The summed E-state index contributed by atoms with van der Waals surface area (Å²) in [4.78, 5) is 29.6. The Labute approximate surface area is 142 Å². The second-order valence-electron chi connectivity index (χ2n) is 7.06. The van der Waals surface area contributed by atoms with E-state index in [4.69, 9.17) is 0 Å². The van der Waals surface area contributed by atoms with Gasteiger partial charge in [-0.1, -0.05) is 32.0 Å². The Hall–Kier alpha value is -2.56. The second kappa shape index (κ2) is 6.51. The third-order valence-corrected chi connectivity index (χ3v) is 4.60. The molecule has 24 heavy (non-hydrogen) atoms. The van der Waals surface area contributed by atoms with Crippen molar-refractivity contribution in [3.63, 3.8) is 0 Å². The van der Waals surface area contributed by atoms with Crippen LogP contribution in [0.3, 0.4) is 0 Å². The molecule has 0 aliphatic carbocycles. The fraction of sp³-hybridized carbons (Fsp3) is 0.368. The van der Waals surface area contributed by atoms with Crippen molar-refractivity contribution < 1.29 is 9.59 Å². The zero-order valence-corrected chi connectivity index (χ0v) is 14.1. The molecule has 5 heteroatoms. The van der Waals surface area contributed by atoms with Gasteiger partial charge in [0.2, 0.25) is 0 Å². The second-order valence-corrected chi connectivity index (χ2v) is 7.06. The molecule has 2 heterocycles. The number of benzene rings is 1. The van der Waals surface area contributed by atoms with Crippen LogP contribution >= 0.6 is 0 Å². The number of hydrogen-bond acceptors (Lipinski definition) is 2. The minimum Gasteiger partial charge on any atom is -0.337 e. The van der Waals surface area contributed by atoms with Gasteiger partial charge < -0.3 is 15.2 Å². The largest absolute Gasteiger partial charge is 0.337 e. The van der Waals surface area contributed by atoms with Gasteiger partial charge in [0.1, 0.15) is 11.5 Å². The van der Waals surface area contributed by atoms with Crippen LogP contribution in [0.1, 0.15) is 47.5 Å². The molecule has 1 aliphatic rings. The van der Waals surface area contributed by atoms with E-state index in [1.165, 1.54) is 0 Å². The summed E-state index contributed by atoms with van der Waals surface area (Å²) in [6, 6.07) is 12.4. The Morgan fingerprint density at radius 2 is 1.71 bits per heavy atom. The summed E-state index contributed by atoms with van der Waals surface area (Å²) < 4.78 is 0. The molecule has 3 rings (SSSR count). The summed E-state index contributed by atoms with van der Waals surface area (Å²) >= 11 is 0. The zero-order valence-electron chi connectivity index (χ0n) is 14.1. The van der Waals surface area contributed by atoms with Crippen LogP contribution < -0.4 is 5.32 Å². The molecule has 2 N–H and O–H groups in total. The van der Waals surface area contributed by atoms with Crippen LogP contribution in [0, 0.1) is 5.41 Å². The van der Waals surface area contributed by atoms with Gasteiger partial charge in [-0.2, -0.15) is 0 Å². The van der Waals surface area contributed by atoms with E-state index in [2.05, 4.69) is 24.1 Å². The topological polar surface area (TPSA) is 65.2 Å². The predicted molar refractivity (Wildman–Crippen MR) is 94.1 cm³/mol. The smallest absolute Gasteiger partial charge is 0.270 e. The Bertz CT molecular complexity index is 724. The molecule has 1 saturated heterocycles. The molecule has 0 saturated carbocycles. The SMILES string of the molecule is CC1(C)CCN(C(=O)c2ccc(NC(=O)c3ccccc3)[nH]2)CC1. The minimum absolute atomic E-state index is 0.00860. The quantitative estimate of drug-likeness (QED) is 0.906. The van der Waals surface area contributed by atoms with Crippen molar-refractivity contribution in [3.8, 4) is 0 Å². The molecule has 0 radical (unpaired) electrons.